The second kappa shape index (κ2) is 1.98. The molecule has 4 aliphatic rings. The summed E-state index contributed by atoms with van der Waals surface area (Å²) in [5, 5.41) is 20.1. The van der Waals surface area contributed by atoms with Gasteiger partial charge in [0.25, 0.3) is 0 Å². The highest BCUT2D eigenvalue weighted by molar-refractivity contribution is 5.86. The number of hydrogen-bond acceptors (Lipinski definition) is 3. The van der Waals surface area contributed by atoms with Crippen LogP contribution >= 0.6 is 0 Å². The first kappa shape index (κ1) is 7.94. The monoisotopic (exact) mass is 182 g/mol. The van der Waals surface area contributed by atoms with Crippen LogP contribution in [-0.2, 0) is 4.79 Å². The second-order valence-corrected chi connectivity index (χ2v) is 5.24. The third-order valence-electron chi connectivity index (χ3n) is 3.97. The average Bonchev–Trinajstić information content (AvgIpc) is 1.94. The van der Waals surface area contributed by atoms with Gasteiger partial charge in [-0.25, -0.2) is 0 Å². The molecule has 0 heterocycles. The summed E-state index contributed by atoms with van der Waals surface area (Å²) in [6.45, 7) is 0. The number of carbonyl (C=O) groups is 1. The smallest absolute Gasteiger partial charge is 0.139 e. The Morgan fingerprint density at radius 1 is 1.00 bits per heavy atom. The lowest BCUT2D eigenvalue weighted by Gasteiger charge is -2.56. The molecule has 4 fully saturated rings. The van der Waals surface area contributed by atoms with E-state index in [2.05, 4.69) is 0 Å². The molecule has 0 aromatic rings. The maximum absolute atomic E-state index is 11.6. The molecule has 4 rings (SSSR count). The van der Waals surface area contributed by atoms with E-state index in [1.807, 2.05) is 0 Å². The van der Waals surface area contributed by atoms with Crippen LogP contribution in [0.15, 0.2) is 0 Å². The molecule has 72 valence electrons. The quantitative estimate of drug-likeness (QED) is 0.564. The Balaban J connectivity index is 2.04. The molecule has 4 aliphatic carbocycles. The zero-order chi connectivity index (χ0) is 9.27. The molecule has 0 saturated heterocycles. The lowest BCUT2D eigenvalue weighted by Crippen LogP contribution is -2.62. The van der Waals surface area contributed by atoms with E-state index in [0.717, 1.165) is 0 Å². The summed E-state index contributed by atoms with van der Waals surface area (Å²) in [6, 6.07) is 0. The van der Waals surface area contributed by atoms with Gasteiger partial charge >= 0.3 is 0 Å². The number of ketones is 1. The molecular weight excluding hydrogens is 168 g/mol. The molecule has 0 unspecified atom stereocenters. The Bertz CT molecular complexity index is 246. The van der Waals surface area contributed by atoms with Gasteiger partial charge in [-0.05, 0) is 25.7 Å². The van der Waals surface area contributed by atoms with Gasteiger partial charge in [0.05, 0.1) is 11.2 Å². The number of hydrogen-bond donors (Lipinski definition) is 2. The predicted molar refractivity (Wildman–Crippen MR) is 45.0 cm³/mol. The maximum atomic E-state index is 11.6. The van der Waals surface area contributed by atoms with Gasteiger partial charge in [0, 0.05) is 18.3 Å². The molecule has 0 aromatic carbocycles. The van der Waals surface area contributed by atoms with Crippen LogP contribution in [-0.4, -0.2) is 27.2 Å². The number of Topliss-reactive ketones (excluding diaryl/α,β-unsaturated/α-hetero) is 1. The highest BCUT2D eigenvalue weighted by Crippen LogP contribution is 2.55. The van der Waals surface area contributed by atoms with Crippen molar-refractivity contribution >= 4 is 5.78 Å². The maximum Gasteiger partial charge on any atom is 0.139 e. The summed E-state index contributed by atoms with van der Waals surface area (Å²) in [5.41, 5.74) is -1.46. The minimum absolute atomic E-state index is 0.0590. The first-order chi connectivity index (χ1) is 6.00. The van der Waals surface area contributed by atoms with Crippen LogP contribution in [0, 0.1) is 11.8 Å². The van der Waals surface area contributed by atoms with Crippen molar-refractivity contribution in [2.45, 2.75) is 43.3 Å². The molecule has 0 aromatic heterocycles. The van der Waals surface area contributed by atoms with Gasteiger partial charge in [0.2, 0.25) is 0 Å². The van der Waals surface area contributed by atoms with Crippen LogP contribution in [0.5, 0.6) is 0 Å². The molecular formula is C10H14O3. The fourth-order valence-corrected chi connectivity index (χ4v) is 3.78. The third kappa shape index (κ3) is 0.945. The van der Waals surface area contributed by atoms with Crippen molar-refractivity contribution in [2.75, 3.05) is 0 Å². The molecule has 13 heavy (non-hydrogen) atoms. The molecule has 4 bridgehead atoms. The standard InChI is InChI=1S/C10H14O3/c11-8-6-1-9(12)3-7(8)4-10(13,2-6)5-9/h6-7,12-13H,1-5H2. The van der Waals surface area contributed by atoms with Crippen molar-refractivity contribution in [3.8, 4) is 0 Å². The first-order valence-corrected chi connectivity index (χ1v) is 4.98. The van der Waals surface area contributed by atoms with E-state index in [1.165, 1.54) is 0 Å². The van der Waals surface area contributed by atoms with Gasteiger partial charge in [-0.15, -0.1) is 0 Å². The Kier molecular flexibility index (Phi) is 1.21. The zero-order valence-corrected chi connectivity index (χ0v) is 7.49. The van der Waals surface area contributed by atoms with Crippen LogP contribution in [0.4, 0.5) is 0 Å². The van der Waals surface area contributed by atoms with Crippen molar-refractivity contribution in [3.05, 3.63) is 0 Å². The average molecular weight is 182 g/mol. The second-order valence-electron chi connectivity index (χ2n) is 5.24. The number of aliphatic hydroxyl groups is 2. The van der Waals surface area contributed by atoms with Gasteiger partial charge in [0.1, 0.15) is 5.78 Å². The van der Waals surface area contributed by atoms with Gasteiger partial charge in [-0.2, -0.15) is 0 Å². The largest absolute Gasteiger partial charge is 0.390 e. The van der Waals surface area contributed by atoms with Gasteiger partial charge in [0.15, 0.2) is 0 Å². The summed E-state index contributed by atoms with van der Waals surface area (Å²) in [4.78, 5) is 11.6. The third-order valence-corrected chi connectivity index (χ3v) is 3.97. The van der Waals surface area contributed by atoms with Crippen LogP contribution in [0.1, 0.15) is 32.1 Å². The van der Waals surface area contributed by atoms with E-state index in [1.54, 1.807) is 0 Å². The molecule has 0 aliphatic heterocycles. The lowest BCUT2D eigenvalue weighted by atomic mass is 9.52. The fraction of sp³-hybridized carbons (Fsp3) is 0.900. The van der Waals surface area contributed by atoms with E-state index in [9.17, 15) is 15.0 Å². The Labute approximate surface area is 76.8 Å². The van der Waals surface area contributed by atoms with Gasteiger partial charge in [-0.3, -0.25) is 4.79 Å². The molecule has 0 atom stereocenters. The normalized spacial score (nSPS) is 58.8. The van der Waals surface area contributed by atoms with E-state index < -0.39 is 11.2 Å². The minimum Gasteiger partial charge on any atom is -0.390 e. The van der Waals surface area contributed by atoms with Crippen molar-refractivity contribution in [1.29, 1.82) is 0 Å². The molecule has 3 nitrogen and oxygen atoms in total. The van der Waals surface area contributed by atoms with Crippen LogP contribution in [0.2, 0.25) is 0 Å². The van der Waals surface area contributed by atoms with Crippen molar-refractivity contribution in [2.24, 2.45) is 11.8 Å². The number of rotatable bonds is 0. The highest BCUT2D eigenvalue weighted by atomic mass is 16.3. The Morgan fingerprint density at radius 3 is 1.77 bits per heavy atom. The van der Waals surface area contributed by atoms with E-state index in [-0.39, 0.29) is 17.6 Å². The van der Waals surface area contributed by atoms with Crippen molar-refractivity contribution < 1.29 is 15.0 Å². The summed E-state index contributed by atoms with van der Waals surface area (Å²) < 4.78 is 0. The fourth-order valence-electron chi connectivity index (χ4n) is 3.78. The van der Waals surface area contributed by atoms with Crippen molar-refractivity contribution in [3.63, 3.8) is 0 Å². The highest BCUT2D eigenvalue weighted by Gasteiger charge is 2.60. The van der Waals surface area contributed by atoms with Crippen molar-refractivity contribution in [1.82, 2.24) is 0 Å². The predicted octanol–water partition coefficient (Wildman–Crippen LogP) is 0.241. The van der Waals surface area contributed by atoms with Gasteiger partial charge in [-0.1, -0.05) is 0 Å². The summed E-state index contributed by atoms with van der Waals surface area (Å²) in [5.74, 6) is 0.168. The molecule has 3 heteroatoms. The van der Waals surface area contributed by atoms with Gasteiger partial charge < -0.3 is 10.2 Å². The SMILES string of the molecule is O=C1C2CC3(O)CC1CC(O)(C2)C3. The van der Waals surface area contributed by atoms with E-state index in [4.69, 9.17) is 0 Å². The Hall–Kier alpha value is -0.410. The molecule has 0 amide bonds. The summed E-state index contributed by atoms with van der Waals surface area (Å²) in [6.07, 6.45) is 2.84. The van der Waals surface area contributed by atoms with E-state index >= 15 is 0 Å². The summed E-state index contributed by atoms with van der Waals surface area (Å²) >= 11 is 0. The van der Waals surface area contributed by atoms with Crippen LogP contribution < -0.4 is 0 Å². The molecule has 0 spiro atoms. The minimum atomic E-state index is -0.728. The molecule has 2 N–H and O–H groups in total. The number of carbonyl (C=O) groups excluding carboxylic acids is 1. The summed E-state index contributed by atoms with van der Waals surface area (Å²) in [7, 11) is 0. The molecule has 0 radical (unpaired) electrons. The first-order valence-electron chi connectivity index (χ1n) is 4.98. The van der Waals surface area contributed by atoms with E-state index in [0.29, 0.717) is 32.1 Å². The zero-order valence-electron chi connectivity index (χ0n) is 7.49. The topological polar surface area (TPSA) is 57.5 Å². The molecule has 4 saturated carbocycles. The van der Waals surface area contributed by atoms with Crippen LogP contribution in [0.3, 0.4) is 0 Å². The lowest BCUT2D eigenvalue weighted by molar-refractivity contribution is -0.199. The Morgan fingerprint density at radius 2 is 1.38 bits per heavy atom. The van der Waals surface area contributed by atoms with Crippen LogP contribution in [0.25, 0.3) is 0 Å².